The molecule has 0 aliphatic heterocycles. The first-order chi connectivity index (χ1) is 10.2. The van der Waals surface area contributed by atoms with Crippen LogP contribution < -0.4 is 0 Å². The van der Waals surface area contributed by atoms with Crippen LogP contribution in [0.15, 0.2) is 55.1 Å². The maximum absolute atomic E-state index is 10.8. The van der Waals surface area contributed by atoms with Gasteiger partial charge >= 0.3 is 5.97 Å². The summed E-state index contributed by atoms with van der Waals surface area (Å²) in [5.74, 6) is 0.0739. The highest BCUT2D eigenvalue weighted by molar-refractivity contribution is 5.86. The van der Waals surface area contributed by atoms with Crippen molar-refractivity contribution in [3.05, 3.63) is 60.7 Å². The maximum Gasteiger partial charge on any atom is 0.338 e. The van der Waals surface area contributed by atoms with E-state index < -0.39 is 5.97 Å². The molecule has 0 amide bonds. The van der Waals surface area contributed by atoms with E-state index in [1.807, 2.05) is 24.3 Å². The summed E-state index contributed by atoms with van der Waals surface area (Å²) < 4.78 is 0. The van der Waals surface area contributed by atoms with E-state index in [9.17, 15) is 4.79 Å². The highest BCUT2D eigenvalue weighted by Gasteiger charge is 2.06. The van der Waals surface area contributed by atoms with Crippen molar-refractivity contribution in [3.63, 3.8) is 0 Å². The molecule has 0 unspecified atom stereocenters. The summed E-state index contributed by atoms with van der Waals surface area (Å²) in [6, 6.07) is 9.21. The molecule has 6 heteroatoms. The molecule has 0 bridgehead atoms. The Kier molecular flexibility index (Phi) is 3.34. The van der Waals surface area contributed by atoms with Crippen molar-refractivity contribution >= 4 is 5.97 Å². The van der Waals surface area contributed by atoms with E-state index in [-0.39, 0.29) is 5.56 Å². The second kappa shape index (κ2) is 5.46. The lowest BCUT2D eigenvalue weighted by atomic mass is 10.1. The summed E-state index contributed by atoms with van der Waals surface area (Å²) in [6.45, 7) is 0. The van der Waals surface area contributed by atoms with E-state index in [4.69, 9.17) is 5.11 Å². The lowest BCUT2D eigenvalue weighted by Gasteiger charge is -2.02. The number of carbonyl (C=O) groups is 1. The van der Waals surface area contributed by atoms with Gasteiger partial charge in [0.25, 0.3) is 0 Å². The van der Waals surface area contributed by atoms with Crippen LogP contribution in [0, 0.1) is 0 Å². The zero-order valence-corrected chi connectivity index (χ0v) is 10.8. The molecule has 0 fully saturated rings. The quantitative estimate of drug-likeness (QED) is 0.790. The molecule has 1 N–H and O–H groups in total. The van der Waals surface area contributed by atoms with Gasteiger partial charge in [-0.3, -0.25) is 0 Å². The molecule has 1 aromatic carbocycles. The first-order valence-corrected chi connectivity index (χ1v) is 6.17. The summed E-state index contributed by atoms with van der Waals surface area (Å²) in [5.41, 5.74) is 1.75. The summed E-state index contributed by atoms with van der Waals surface area (Å²) in [7, 11) is 0. The number of rotatable bonds is 3. The van der Waals surface area contributed by atoms with Crippen LogP contribution >= 0.6 is 0 Å². The van der Waals surface area contributed by atoms with Crippen LogP contribution in [0.3, 0.4) is 0 Å². The first-order valence-electron chi connectivity index (χ1n) is 6.17. The Morgan fingerprint density at radius 3 is 1.76 bits per heavy atom. The number of hydrogen-bond acceptors (Lipinski definition) is 5. The van der Waals surface area contributed by atoms with Gasteiger partial charge in [-0.2, -0.15) is 0 Å². The van der Waals surface area contributed by atoms with Gasteiger partial charge in [0, 0.05) is 35.9 Å². The van der Waals surface area contributed by atoms with E-state index in [0.717, 1.165) is 11.1 Å². The van der Waals surface area contributed by atoms with Gasteiger partial charge in [-0.15, -0.1) is 0 Å². The van der Waals surface area contributed by atoms with Crippen LogP contribution in [-0.4, -0.2) is 31.0 Å². The fourth-order valence-electron chi connectivity index (χ4n) is 1.80. The number of benzene rings is 1. The zero-order valence-electron chi connectivity index (χ0n) is 10.8. The highest BCUT2D eigenvalue weighted by Crippen LogP contribution is 2.20. The Morgan fingerprint density at radius 2 is 1.29 bits per heavy atom. The fraction of sp³-hybridized carbons (Fsp3) is 0. The second-order valence-corrected chi connectivity index (χ2v) is 4.25. The van der Waals surface area contributed by atoms with Crippen molar-refractivity contribution in [1.29, 1.82) is 0 Å². The molecule has 0 aliphatic rings. The van der Waals surface area contributed by atoms with Crippen LogP contribution in [0.2, 0.25) is 0 Å². The molecule has 2 aromatic heterocycles. The third-order valence-corrected chi connectivity index (χ3v) is 2.87. The Balaban J connectivity index is 1.89. The molecule has 0 atom stereocenters. The topological polar surface area (TPSA) is 88.9 Å². The molecule has 102 valence electrons. The first kappa shape index (κ1) is 12.9. The summed E-state index contributed by atoms with van der Waals surface area (Å²) in [6.07, 6.45) is 5.95. The van der Waals surface area contributed by atoms with Gasteiger partial charge in [0.15, 0.2) is 11.6 Å². The average Bonchev–Trinajstić information content (AvgIpc) is 2.56. The standard InChI is InChI=1S/C15H10N4O2/c20-15(21)12-8-18-14(19-9-12)11-4-2-10(3-5-11)13-16-6-1-7-17-13/h1-9H,(H,20,21). The maximum atomic E-state index is 10.8. The molecule has 0 aliphatic carbocycles. The van der Waals surface area contributed by atoms with E-state index in [1.54, 1.807) is 18.5 Å². The van der Waals surface area contributed by atoms with Crippen LogP contribution in [0.1, 0.15) is 10.4 Å². The minimum Gasteiger partial charge on any atom is -0.478 e. The molecule has 0 saturated carbocycles. The number of aromatic nitrogens is 4. The minimum atomic E-state index is -1.04. The normalized spacial score (nSPS) is 10.3. The van der Waals surface area contributed by atoms with Gasteiger partial charge < -0.3 is 5.11 Å². The molecule has 0 saturated heterocycles. The van der Waals surface area contributed by atoms with Gasteiger partial charge in [-0.05, 0) is 6.07 Å². The van der Waals surface area contributed by atoms with E-state index >= 15 is 0 Å². The van der Waals surface area contributed by atoms with Crippen LogP contribution in [-0.2, 0) is 0 Å². The van der Waals surface area contributed by atoms with Gasteiger partial charge in [0.2, 0.25) is 0 Å². The van der Waals surface area contributed by atoms with Crippen molar-refractivity contribution in [1.82, 2.24) is 19.9 Å². The summed E-state index contributed by atoms with van der Waals surface area (Å²) >= 11 is 0. The molecule has 2 heterocycles. The van der Waals surface area contributed by atoms with Crippen molar-refractivity contribution < 1.29 is 9.90 Å². The van der Waals surface area contributed by atoms with Crippen LogP contribution in [0.25, 0.3) is 22.8 Å². The Hall–Kier alpha value is -3.15. The third-order valence-electron chi connectivity index (χ3n) is 2.87. The lowest BCUT2D eigenvalue weighted by molar-refractivity contribution is 0.0696. The minimum absolute atomic E-state index is 0.0630. The molecule has 3 rings (SSSR count). The Labute approximate surface area is 120 Å². The fourth-order valence-corrected chi connectivity index (χ4v) is 1.80. The second-order valence-electron chi connectivity index (χ2n) is 4.25. The smallest absolute Gasteiger partial charge is 0.338 e. The van der Waals surface area contributed by atoms with E-state index in [0.29, 0.717) is 11.6 Å². The number of carboxylic acid groups (broad SMARTS) is 1. The number of carboxylic acids is 1. The number of aromatic carboxylic acids is 1. The van der Waals surface area contributed by atoms with Crippen LogP contribution in [0.5, 0.6) is 0 Å². The molecule has 0 spiro atoms. The predicted octanol–water partition coefficient (Wildman–Crippen LogP) is 2.30. The highest BCUT2D eigenvalue weighted by atomic mass is 16.4. The molecule has 3 aromatic rings. The zero-order chi connectivity index (χ0) is 14.7. The largest absolute Gasteiger partial charge is 0.478 e. The van der Waals surface area contributed by atoms with Crippen molar-refractivity contribution in [2.75, 3.05) is 0 Å². The Morgan fingerprint density at radius 1 is 0.810 bits per heavy atom. The van der Waals surface area contributed by atoms with E-state index in [1.165, 1.54) is 12.4 Å². The SMILES string of the molecule is O=C(O)c1cnc(-c2ccc(-c3ncccn3)cc2)nc1. The van der Waals surface area contributed by atoms with Gasteiger partial charge in [-0.1, -0.05) is 24.3 Å². The Bertz CT molecular complexity index is 756. The number of hydrogen-bond donors (Lipinski definition) is 1. The molecule has 21 heavy (non-hydrogen) atoms. The average molecular weight is 278 g/mol. The van der Waals surface area contributed by atoms with Crippen molar-refractivity contribution in [2.45, 2.75) is 0 Å². The van der Waals surface area contributed by atoms with Gasteiger partial charge in [-0.25, -0.2) is 24.7 Å². The summed E-state index contributed by atoms with van der Waals surface area (Å²) in [4.78, 5) is 27.2. The van der Waals surface area contributed by atoms with E-state index in [2.05, 4.69) is 19.9 Å². The number of nitrogens with zero attached hydrogens (tertiary/aromatic N) is 4. The van der Waals surface area contributed by atoms with Gasteiger partial charge in [0.05, 0.1) is 5.56 Å². The van der Waals surface area contributed by atoms with Crippen molar-refractivity contribution in [3.8, 4) is 22.8 Å². The van der Waals surface area contributed by atoms with Crippen LogP contribution in [0.4, 0.5) is 0 Å². The van der Waals surface area contributed by atoms with Crippen molar-refractivity contribution in [2.24, 2.45) is 0 Å². The monoisotopic (exact) mass is 278 g/mol. The molecule has 6 nitrogen and oxygen atoms in total. The molecular weight excluding hydrogens is 268 g/mol. The third kappa shape index (κ3) is 2.74. The predicted molar refractivity (Wildman–Crippen MR) is 75.5 cm³/mol. The lowest BCUT2D eigenvalue weighted by Crippen LogP contribution is -1.99. The molecule has 0 radical (unpaired) electrons. The summed E-state index contributed by atoms with van der Waals surface area (Å²) in [5, 5.41) is 8.81. The van der Waals surface area contributed by atoms with Gasteiger partial charge in [0.1, 0.15) is 0 Å². The molecular formula is C15H10N4O2.